The van der Waals surface area contributed by atoms with E-state index in [1.165, 1.54) is 0 Å². The summed E-state index contributed by atoms with van der Waals surface area (Å²) in [5.41, 5.74) is 1.54. The molecule has 120 valence electrons. The van der Waals surface area contributed by atoms with E-state index in [1.807, 2.05) is 18.2 Å². The Hall–Kier alpha value is -1.63. The van der Waals surface area contributed by atoms with Crippen molar-refractivity contribution in [3.8, 4) is 5.75 Å². The molecule has 0 spiro atoms. The van der Waals surface area contributed by atoms with Gasteiger partial charge in [0.25, 0.3) is 5.91 Å². The molecule has 1 fully saturated rings. The average Bonchev–Trinajstić information content (AvgIpc) is 2.57. The summed E-state index contributed by atoms with van der Waals surface area (Å²) in [7, 11) is 1.73. The van der Waals surface area contributed by atoms with E-state index in [9.17, 15) is 9.90 Å². The van der Waals surface area contributed by atoms with Gasteiger partial charge in [-0.25, -0.2) is 0 Å². The van der Waals surface area contributed by atoms with E-state index in [0.29, 0.717) is 12.2 Å². The molecule has 1 aromatic carbocycles. The highest BCUT2D eigenvalue weighted by Crippen LogP contribution is 2.34. The first-order valence-corrected chi connectivity index (χ1v) is 7.66. The summed E-state index contributed by atoms with van der Waals surface area (Å²) in [4.78, 5) is 15.6. The molecule has 1 atom stereocenters. The van der Waals surface area contributed by atoms with Gasteiger partial charge < -0.3 is 19.5 Å². The van der Waals surface area contributed by atoms with Crippen molar-refractivity contribution in [2.45, 2.75) is 12.5 Å². The Morgan fingerprint density at radius 2 is 2.09 bits per heavy atom. The summed E-state index contributed by atoms with van der Waals surface area (Å²) in [6.07, 6.45) is 0.121. The average molecular weight is 306 g/mol. The molecule has 6 heteroatoms. The first kappa shape index (κ1) is 15.3. The smallest absolute Gasteiger partial charge is 0.264 e. The molecule has 1 unspecified atom stereocenters. The van der Waals surface area contributed by atoms with Gasteiger partial charge in [-0.15, -0.1) is 0 Å². The lowest BCUT2D eigenvalue weighted by Crippen LogP contribution is -2.37. The fourth-order valence-electron chi connectivity index (χ4n) is 2.79. The van der Waals surface area contributed by atoms with E-state index in [2.05, 4.69) is 4.90 Å². The summed E-state index contributed by atoms with van der Waals surface area (Å²) >= 11 is 0. The van der Waals surface area contributed by atoms with Crippen LogP contribution in [0.1, 0.15) is 18.1 Å². The third-order valence-corrected chi connectivity index (χ3v) is 4.28. The molecule has 2 heterocycles. The van der Waals surface area contributed by atoms with Crippen molar-refractivity contribution in [2.24, 2.45) is 0 Å². The van der Waals surface area contributed by atoms with Crippen molar-refractivity contribution in [1.82, 2.24) is 4.90 Å². The topological polar surface area (TPSA) is 62.2 Å². The van der Waals surface area contributed by atoms with Crippen molar-refractivity contribution in [3.05, 3.63) is 23.8 Å². The quantitative estimate of drug-likeness (QED) is 0.891. The molecule has 1 N–H and O–H groups in total. The number of morpholine rings is 1. The third kappa shape index (κ3) is 3.24. The van der Waals surface area contributed by atoms with Gasteiger partial charge in [0.05, 0.1) is 25.0 Å². The summed E-state index contributed by atoms with van der Waals surface area (Å²) < 4.78 is 10.7. The van der Waals surface area contributed by atoms with Gasteiger partial charge >= 0.3 is 0 Å². The molecule has 1 aromatic rings. The number of ether oxygens (including phenoxy) is 2. The van der Waals surface area contributed by atoms with Gasteiger partial charge in [-0.05, 0) is 24.1 Å². The monoisotopic (exact) mass is 306 g/mol. The van der Waals surface area contributed by atoms with Crippen LogP contribution in [0.3, 0.4) is 0 Å². The second-order valence-corrected chi connectivity index (χ2v) is 5.73. The maximum atomic E-state index is 11.7. The van der Waals surface area contributed by atoms with Crippen LogP contribution in [0.15, 0.2) is 18.2 Å². The van der Waals surface area contributed by atoms with Crippen LogP contribution in [0.5, 0.6) is 5.75 Å². The second-order valence-electron chi connectivity index (χ2n) is 5.73. The summed E-state index contributed by atoms with van der Waals surface area (Å²) in [5, 5.41) is 10.4. The molecular weight excluding hydrogens is 284 g/mol. The van der Waals surface area contributed by atoms with Crippen molar-refractivity contribution >= 4 is 11.6 Å². The zero-order valence-electron chi connectivity index (χ0n) is 12.8. The van der Waals surface area contributed by atoms with Crippen LogP contribution in [0, 0.1) is 0 Å². The zero-order valence-corrected chi connectivity index (χ0v) is 12.8. The first-order valence-electron chi connectivity index (χ1n) is 7.66. The number of aliphatic hydroxyl groups is 1. The Bertz CT molecular complexity index is 543. The number of benzene rings is 1. The molecule has 6 nitrogen and oxygen atoms in total. The molecule has 2 aliphatic rings. The van der Waals surface area contributed by atoms with Crippen LogP contribution in [-0.4, -0.2) is 62.4 Å². The Labute approximate surface area is 130 Å². The largest absolute Gasteiger partial charge is 0.482 e. The highest BCUT2D eigenvalue weighted by atomic mass is 16.5. The minimum absolute atomic E-state index is 0.0719. The molecule has 3 rings (SSSR count). The van der Waals surface area contributed by atoms with E-state index in [1.54, 1.807) is 11.9 Å². The number of amides is 1. The van der Waals surface area contributed by atoms with Crippen LogP contribution >= 0.6 is 0 Å². The number of carbonyl (C=O) groups excluding carboxylic acids is 1. The van der Waals surface area contributed by atoms with Crippen LogP contribution < -0.4 is 9.64 Å². The Kier molecular flexibility index (Phi) is 4.61. The number of anilines is 1. The molecule has 2 aliphatic heterocycles. The molecule has 0 radical (unpaired) electrons. The number of fused-ring (bicyclic) bond motifs is 1. The van der Waals surface area contributed by atoms with Crippen LogP contribution in [0.4, 0.5) is 5.69 Å². The normalized spacial score (nSPS) is 20.5. The van der Waals surface area contributed by atoms with E-state index < -0.39 is 6.10 Å². The third-order valence-electron chi connectivity index (χ3n) is 4.28. The van der Waals surface area contributed by atoms with Crippen LogP contribution in [-0.2, 0) is 9.53 Å². The van der Waals surface area contributed by atoms with Crippen LogP contribution in [0.2, 0.25) is 0 Å². The van der Waals surface area contributed by atoms with Crippen molar-refractivity contribution in [1.29, 1.82) is 0 Å². The summed E-state index contributed by atoms with van der Waals surface area (Å²) in [6, 6.07) is 5.54. The minimum atomic E-state index is -0.543. The lowest BCUT2D eigenvalue weighted by atomic mass is 10.0. The Morgan fingerprint density at radius 1 is 1.32 bits per heavy atom. The van der Waals surface area contributed by atoms with Crippen molar-refractivity contribution in [2.75, 3.05) is 51.4 Å². The van der Waals surface area contributed by atoms with Gasteiger partial charge in [-0.2, -0.15) is 0 Å². The molecule has 0 aromatic heterocycles. The van der Waals surface area contributed by atoms with Gasteiger partial charge in [-0.1, -0.05) is 6.07 Å². The number of likely N-dealkylation sites (N-methyl/N-ethyl adjacent to an activating group) is 1. The standard InChI is InChI=1S/C16H22N2O4/c1-17-13-10-12(2-3-15(13)22-11-16(17)20)14(19)4-5-18-6-8-21-9-7-18/h2-3,10,14,19H,4-9,11H2,1H3. The number of hydrogen-bond donors (Lipinski definition) is 1. The number of carbonyl (C=O) groups is 1. The molecule has 0 bridgehead atoms. The Morgan fingerprint density at radius 3 is 2.86 bits per heavy atom. The number of hydrogen-bond acceptors (Lipinski definition) is 5. The Balaban J connectivity index is 1.65. The second kappa shape index (κ2) is 6.64. The first-order chi connectivity index (χ1) is 10.6. The number of aliphatic hydroxyl groups excluding tert-OH is 1. The van der Waals surface area contributed by atoms with Gasteiger partial charge in [0, 0.05) is 26.7 Å². The van der Waals surface area contributed by atoms with Gasteiger partial charge in [-0.3, -0.25) is 9.69 Å². The summed E-state index contributed by atoms with van der Waals surface area (Å²) in [5.74, 6) is 0.610. The predicted octanol–water partition coefficient (Wildman–Crippen LogP) is 0.797. The van der Waals surface area contributed by atoms with Crippen molar-refractivity contribution < 1.29 is 19.4 Å². The SMILES string of the molecule is CN1C(=O)COc2ccc(C(O)CCN3CCOCC3)cc21. The highest BCUT2D eigenvalue weighted by molar-refractivity contribution is 5.97. The molecule has 22 heavy (non-hydrogen) atoms. The summed E-state index contributed by atoms with van der Waals surface area (Å²) in [6.45, 7) is 4.28. The predicted molar refractivity (Wildman–Crippen MR) is 82.2 cm³/mol. The van der Waals surface area contributed by atoms with Gasteiger partial charge in [0.2, 0.25) is 0 Å². The number of nitrogens with zero attached hydrogens (tertiary/aromatic N) is 2. The minimum Gasteiger partial charge on any atom is -0.482 e. The molecule has 1 amide bonds. The fourth-order valence-corrected chi connectivity index (χ4v) is 2.79. The lowest BCUT2D eigenvalue weighted by Gasteiger charge is -2.28. The fraction of sp³-hybridized carbons (Fsp3) is 0.562. The highest BCUT2D eigenvalue weighted by Gasteiger charge is 2.23. The molecule has 0 aliphatic carbocycles. The molecule has 0 saturated carbocycles. The maximum Gasteiger partial charge on any atom is 0.264 e. The van der Waals surface area contributed by atoms with Gasteiger partial charge in [0.15, 0.2) is 6.61 Å². The van der Waals surface area contributed by atoms with E-state index in [-0.39, 0.29) is 12.5 Å². The molecule has 1 saturated heterocycles. The van der Waals surface area contributed by atoms with E-state index in [0.717, 1.165) is 44.1 Å². The number of rotatable bonds is 4. The van der Waals surface area contributed by atoms with Crippen molar-refractivity contribution in [3.63, 3.8) is 0 Å². The van der Waals surface area contributed by atoms with Crippen LogP contribution in [0.25, 0.3) is 0 Å². The van der Waals surface area contributed by atoms with E-state index >= 15 is 0 Å². The van der Waals surface area contributed by atoms with E-state index in [4.69, 9.17) is 9.47 Å². The zero-order chi connectivity index (χ0) is 15.5. The van der Waals surface area contributed by atoms with Gasteiger partial charge in [0.1, 0.15) is 5.75 Å². The lowest BCUT2D eigenvalue weighted by molar-refractivity contribution is -0.120. The maximum absolute atomic E-state index is 11.7. The molecular formula is C16H22N2O4.